The molecule has 1 N–H and O–H groups in total. The molecule has 3 rings (SSSR count). The van der Waals surface area contributed by atoms with E-state index in [2.05, 4.69) is 22.3 Å². The Balaban J connectivity index is 1.37. The number of carbonyl (C=O) groups is 1. The third-order valence-electron chi connectivity index (χ3n) is 4.69. The fourth-order valence-corrected chi connectivity index (χ4v) is 3.22. The van der Waals surface area contributed by atoms with Crippen LogP contribution in [0.25, 0.3) is 0 Å². The van der Waals surface area contributed by atoms with Crippen LogP contribution in [0.2, 0.25) is 0 Å². The lowest BCUT2D eigenvalue weighted by Gasteiger charge is -2.34. The van der Waals surface area contributed by atoms with Gasteiger partial charge < -0.3 is 15.0 Å². The Morgan fingerprint density at radius 1 is 1.09 bits per heavy atom. The van der Waals surface area contributed by atoms with Gasteiger partial charge in [-0.05, 0) is 18.4 Å². The Bertz CT molecular complexity index is 480. The van der Waals surface area contributed by atoms with Crippen molar-refractivity contribution in [2.24, 2.45) is 0 Å². The fraction of sp³-hybridized carbons (Fsp3) is 0.611. The molecular weight excluding hydrogens is 290 g/mol. The maximum atomic E-state index is 12.4. The van der Waals surface area contributed by atoms with Gasteiger partial charge >= 0.3 is 0 Å². The Kier molecular flexibility index (Phi) is 6.02. The summed E-state index contributed by atoms with van der Waals surface area (Å²) in [5, 5.41) is 3.32. The quantitative estimate of drug-likeness (QED) is 0.883. The topological polar surface area (TPSA) is 44.8 Å². The van der Waals surface area contributed by atoms with Crippen molar-refractivity contribution < 1.29 is 9.53 Å². The van der Waals surface area contributed by atoms with Crippen molar-refractivity contribution in [3.8, 4) is 0 Å². The SMILES string of the molecule is O=C(CN1CCNCC1)N1CCC(OCc2ccccc2)CC1. The predicted octanol–water partition coefficient (Wildman–Crippen LogP) is 1.10. The molecule has 0 aromatic heterocycles. The van der Waals surface area contributed by atoms with Crippen molar-refractivity contribution >= 4 is 5.91 Å². The Morgan fingerprint density at radius 2 is 1.78 bits per heavy atom. The molecule has 1 amide bonds. The van der Waals surface area contributed by atoms with Crippen LogP contribution >= 0.6 is 0 Å². The van der Waals surface area contributed by atoms with E-state index in [1.165, 1.54) is 5.56 Å². The summed E-state index contributed by atoms with van der Waals surface area (Å²) in [6.45, 7) is 6.81. The maximum Gasteiger partial charge on any atom is 0.236 e. The first-order chi connectivity index (χ1) is 11.3. The number of rotatable bonds is 5. The Morgan fingerprint density at radius 3 is 2.48 bits per heavy atom. The number of likely N-dealkylation sites (tertiary alicyclic amines) is 1. The van der Waals surface area contributed by atoms with E-state index in [0.717, 1.165) is 52.1 Å². The monoisotopic (exact) mass is 317 g/mol. The summed E-state index contributed by atoms with van der Waals surface area (Å²) in [5.41, 5.74) is 1.21. The van der Waals surface area contributed by atoms with Gasteiger partial charge in [0.1, 0.15) is 0 Å². The highest BCUT2D eigenvalue weighted by molar-refractivity contribution is 5.78. The van der Waals surface area contributed by atoms with E-state index >= 15 is 0 Å². The standard InChI is InChI=1S/C18H27N3O2/c22-18(14-20-12-8-19-9-13-20)21-10-6-17(7-11-21)23-15-16-4-2-1-3-5-16/h1-5,17,19H,6-15H2. The molecule has 2 heterocycles. The number of amides is 1. The molecule has 0 saturated carbocycles. The minimum atomic E-state index is 0.272. The second kappa shape index (κ2) is 8.43. The molecule has 0 atom stereocenters. The average Bonchev–Trinajstić information content (AvgIpc) is 2.62. The molecule has 0 spiro atoms. The molecule has 23 heavy (non-hydrogen) atoms. The molecule has 0 aliphatic carbocycles. The number of carbonyl (C=O) groups excluding carboxylic acids is 1. The smallest absolute Gasteiger partial charge is 0.236 e. The number of piperazine rings is 1. The van der Waals surface area contributed by atoms with Gasteiger partial charge in [0, 0.05) is 39.3 Å². The van der Waals surface area contributed by atoms with Gasteiger partial charge in [0.2, 0.25) is 5.91 Å². The number of hydrogen-bond donors (Lipinski definition) is 1. The lowest BCUT2D eigenvalue weighted by atomic mass is 10.1. The third-order valence-corrected chi connectivity index (χ3v) is 4.69. The summed E-state index contributed by atoms with van der Waals surface area (Å²) in [5.74, 6) is 0.272. The van der Waals surface area contributed by atoms with Crippen LogP contribution < -0.4 is 5.32 Å². The van der Waals surface area contributed by atoms with Crippen molar-refractivity contribution in [3.05, 3.63) is 35.9 Å². The number of benzene rings is 1. The molecular formula is C18H27N3O2. The highest BCUT2D eigenvalue weighted by Crippen LogP contribution is 2.16. The molecule has 0 unspecified atom stereocenters. The first-order valence-corrected chi connectivity index (χ1v) is 8.67. The predicted molar refractivity (Wildman–Crippen MR) is 90.1 cm³/mol. The van der Waals surface area contributed by atoms with Crippen LogP contribution in [0, 0.1) is 0 Å². The van der Waals surface area contributed by atoms with Gasteiger partial charge in [0.15, 0.2) is 0 Å². The van der Waals surface area contributed by atoms with Gasteiger partial charge in [-0.15, -0.1) is 0 Å². The van der Waals surface area contributed by atoms with Crippen LogP contribution in [0.5, 0.6) is 0 Å². The molecule has 1 aromatic carbocycles. The van der Waals surface area contributed by atoms with Crippen LogP contribution in [-0.4, -0.2) is 67.6 Å². The molecule has 126 valence electrons. The van der Waals surface area contributed by atoms with Gasteiger partial charge in [-0.3, -0.25) is 9.69 Å². The minimum absolute atomic E-state index is 0.272. The largest absolute Gasteiger partial charge is 0.373 e. The summed E-state index contributed by atoms with van der Waals surface area (Å²) < 4.78 is 5.99. The highest BCUT2D eigenvalue weighted by atomic mass is 16.5. The third kappa shape index (κ3) is 5.03. The fourth-order valence-electron chi connectivity index (χ4n) is 3.22. The summed E-state index contributed by atoms with van der Waals surface area (Å²) in [6, 6.07) is 10.3. The zero-order chi connectivity index (χ0) is 15.9. The zero-order valence-corrected chi connectivity index (χ0v) is 13.7. The molecule has 2 saturated heterocycles. The van der Waals surface area contributed by atoms with Gasteiger partial charge in [0.05, 0.1) is 19.3 Å². The van der Waals surface area contributed by atoms with Gasteiger partial charge in [-0.2, -0.15) is 0 Å². The molecule has 2 aliphatic rings. The summed E-state index contributed by atoms with van der Waals surface area (Å²) >= 11 is 0. The van der Waals surface area contributed by atoms with Crippen molar-refractivity contribution in [1.82, 2.24) is 15.1 Å². The van der Waals surface area contributed by atoms with Crippen LogP contribution in [0.1, 0.15) is 18.4 Å². The van der Waals surface area contributed by atoms with Crippen LogP contribution in [0.3, 0.4) is 0 Å². The zero-order valence-electron chi connectivity index (χ0n) is 13.7. The van der Waals surface area contributed by atoms with E-state index in [1.807, 2.05) is 23.1 Å². The second-order valence-corrected chi connectivity index (χ2v) is 6.40. The lowest BCUT2D eigenvalue weighted by Crippen LogP contribution is -2.50. The normalized spacial score (nSPS) is 20.6. The van der Waals surface area contributed by atoms with E-state index < -0.39 is 0 Å². The van der Waals surface area contributed by atoms with Gasteiger partial charge in [-0.25, -0.2) is 0 Å². The van der Waals surface area contributed by atoms with Crippen LogP contribution in [-0.2, 0) is 16.1 Å². The Hall–Kier alpha value is -1.43. The molecule has 2 aliphatic heterocycles. The summed E-state index contributed by atoms with van der Waals surface area (Å²) in [4.78, 5) is 16.6. The van der Waals surface area contributed by atoms with Crippen LogP contribution in [0.4, 0.5) is 0 Å². The molecule has 5 nitrogen and oxygen atoms in total. The average molecular weight is 317 g/mol. The van der Waals surface area contributed by atoms with Crippen molar-refractivity contribution in [2.75, 3.05) is 45.8 Å². The molecule has 2 fully saturated rings. The summed E-state index contributed by atoms with van der Waals surface area (Å²) in [7, 11) is 0. The number of nitrogens with zero attached hydrogens (tertiary/aromatic N) is 2. The number of hydrogen-bond acceptors (Lipinski definition) is 4. The van der Waals surface area contributed by atoms with Crippen LogP contribution in [0.15, 0.2) is 30.3 Å². The van der Waals surface area contributed by atoms with E-state index in [-0.39, 0.29) is 12.0 Å². The number of piperidine rings is 1. The Labute approximate surface area is 138 Å². The number of nitrogens with one attached hydrogen (secondary N) is 1. The van der Waals surface area contributed by atoms with Gasteiger partial charge in [0.25, 0.3) is 0 Å². The first kappa shape index (κ1) is 16.4. The van der Waals surface area contributed by atoms with E-state index in [1.54, 1.807) is 0 Å². The maximum absolute atomic E-state index is 12.4. The minimum Gasteiger partial charge on any atom is -0.373 e. The van der Waals surface area contributed by atoms with E-state index in [4.69, 9.17) is 4.74 Å². The van der Waals surface area contributed by atoms with E-state index in [0.29, 0.717) is 13.2 Å². The van der Waals surface area contributed by atoms with Crippen molar-refractivity contribution in [1.29, 1.82) is 0 Å². The van der Waals surface area contributed by atoms with Crippen molar-refractivity contribution in [2.45, 2.75) is 25.6 Å². The molecule has 1 aromatic rings. The second-order valence-electron chi connectivity index (χ2n) is 6.40. The van der Waals surface area contributed by atoms with Gasteiger partial charge in [-0.1, -0.05) is 30.3 Å². The van der Waals surface area contributed by atoms with Crippen molar-refractivity contribution in [3.63, 3.8) is 0 Å². The number of ether oxygens (including phenoxy) is 1. The molecule has 0 radical (unpaired) electrons. The summed E-state index contributed by atoms with van der Waals surface area (Å²) in [6.07, 6.45) is 2.17. The van der Waals surface area contributed by atoms with E-state index in [9.17, 15) is 4.79 Å². The molecule has 5 heteroatoms. The highest BCUT2D eigenvalue weighted by Gasteiger charge is 2.24. The lowest BCUT2D eigenvalue weighted by molar-refractivity contribution is -0.135. The molecule has 0 bridgehead atoms. The first-order valence-electron chi connectivity index (χ1n) is 8.67.